The molecule has 1 heterocycles. The highest BCUT2D eigenvalue weighted by atomic mass is 35.5. The van der Waals surface area contributed by atoms with Gasteiger partial charge in [0.2, 0.25) is 0 Å². The lowest BCUT2D eigenvalue weighted by Gasteiger charge is -2.31. The van der Waals surface area contributed by atoms with Gasteiger partial charge in [0.25, 0.3) is 5.69 Å². The Labute approximate surface area is 117 Å². The summed E-state index contributed by atoms with van der Waals surface area (Å²) in [6.45, 7) is 2.78. The summed E-state index contributed by atoms with van der Waals surface area (Å²) in [5.41, 5.74) is 0.934. The van der Waals surface area contributed by atoms with Crippen LogP contribution in [-0.4, -0.2) is 36.0 Å². The SMILES string of the molecule is CNC1CCN(Cc2ccc(Cl)c([N+](=O)[O-])c2)CC1. The van der Waals surface area contributed by atoms with Crippen molar-refractivity contribution in [2.24, 2.45) is 0 Å². The van der Waals surface area contributed by atoms with Gasteiger partial charge in [-0.1, -0.05) is 17.7 Å². The third-order valence-corrected chi connectivity index (χ3v) is 3.93. The summed E-state index contributed by atoms with van der Waals surface area (Å²) in [5.74, 6) is 0. The van der Waals surface area contributed by atoms with Gasteiger partial charge in [-0.2, -0.15) is 0 Å². The molecule has 0 atom stereocenters. The molecule has 1 N–H and O–H groups in total. The third-order valence-electron chi connectivity index (χ3n) is 3.61. The molecule has 19 heavy (non-hydrogen) atoms. The minimum absolute atomic E-state index is 0.00993. The standard InChI is InChI=1S/C13H18ClN3O2/c1-15-11-4-6-16(7-5-11)9-10-2-3-12(14)13(8-10)17(18)19/h2-3,8,11,15H,4-7,9H2,1H3. The van der Waals surface area contributed by atoms with E-state index in [1.807, 2.05) is 13.1 Å². The Morgan fingerprint density at radius 2 is 2.16 bits per heavy atom. The summed E-state index contributed by atoms with van der Waals surface area (Å²) in [6, 6.07) is 5.64. The molecule has 2 rings (SSSR count). The van der Waals surface area contributed by atoms with Gasteiger partial charge < -0.3 is 5.32 Å². The van der Waals surface area contributed by atoms with Gasteiger partial charge in [0, 0.05) is 18.7 Å². The van der Waals surface area contributed by atoms with E-state index in [9.17, 15) is 10.1 Å². The predicted octanol–water partition coefficient (Wildman–Crippen LogP) is 2.43. The molecular weight excluding hydrogens is 266 g/mol. The van der Waals surface area contributed by atoms with E-state index in [0.29, 0.717) is 6.04 Å². The zero-order chi connectivity index (χ0) is 13.8. The fraction of sp³-hybridized carbons (Fsp3) is 0.538. The quantitative estimate of drug-likeness (QED) is 0.681. The van der Waals surface area contributed by atoms with Crippen LogP contribution in [0.4, 0.5) is 5.69 Å². The van der Waals surface area contributed by atoms with Gasteiger partial charge >= 0.3 is 0 Å². The average Bonchev–Trinajstić information content (AvgIpc) is 2.41. The molecule has 0 saturated carbocycles. The molecule has 1 aromatic rings. The molecule has 0 unspecified atom stereocenters. The van der Waals surface area contributed by atoms with Crippen molar-refractivity contribution in [1.82, 2.24) is 10.2 Å². The number of piperidine rings is 1. The number of hydrogen-bond donors (Lipinski definition) is 1. The van der Waals surface area contributed by atoms with Gasteiger partial charge in [-0.15, -0.1) is 0 Å². The number of likely N-dealkylation sites (tertiary alicyclic amines) is 1. The highest BCUT2D eigenvalue weighted by Gasteiger charge is 2.19. The van der Waals surface area contributed by atoms with Gasteiger partial charge in [-0.05, 0) is 44.6 Å². The number of halogens is 1. The zero-order valence-corrected chi connectivity index (χ0v) is 11.7. The molecule has 1 saturated heterocycles. The lowest BCUT2D eigenvalue weighted by Crippen LogP contribution is -2.40. The van der Waals surface area contributed by atoms with Crippen molar-refractivity contribution in [3.05, 3.63) is 38.9 Å². The van der Waals surface area contributed by atoms with Crippen LogP contribution in [-0.2, 0) is 6.54 Å². The van der Waals surface area contributed by atoms with Crippen LogP contribution in [0.5, 0.6) is 0 Å². The van der Waals surface area contributed by atoms with Gasteiger partial charge in [0.1, 0.15) is 5.02 Å². The first-order valence-corrected chi connectivity index (χ1v) is 6.80. The fourth-order valence-corrected chi connectivity index (χ4v) is 2.62. The number of rotatable bonds is 4. The first-order chi connectivity index (χ1) is 9.10. The summed E-state index contributed by atoms with van der Waals surface area (Å²) in [7, 11) is 1.99. The molecule has 1 fully saturated rings. The Kier molecular flexibility index (Phi) is 4.74. The van der Waals surface area contributed by atoms with Gasteiger partial charge in [0.05, 0.1) is 4.92 Å². The second-order valence-electron chi connectivity index (χ2n) is 4.88. The minimum atomic E-state index is -0.431. The van der Waals surface area contributed by atoms with Crippen LogP contribution in [0.25, 0.3) is 0 Å². The van der Waals surface area contributed by atoms with E-state index in [-0.39, 0.29) is 10.7 Å². The van der Waals surface area contributed by atoms with Crippen molar-refractivity contribution in [1.29, 1.82) is 0 Å². The summed E-state index contributed by atoms with van der Waals surface area (Å²) < 4.78 is 0. The second-order valence-corrected chi connectivity index (χ2v) is 5.29. The van der Waals surface area contributed by atoms with E-state index in [1.54, 1.807) is 12.1 Å². The van der Waals surface area contributed by atoms with Gasteiger partial charge in [0.15, 0.2) is 0 Å². The Morgan fingerprint density at radius 3 is 2.74 bits per heavy atom. The monoisotopic (exact) mass is 283 g/mol. The van der Waals surface area contributed by atoms with Crippen LogP contribution in [0.1, 0.15) is 18.4 Å². The van der Waals surface area contributed by atoms with Gasteiger partial charge in [-0.25, -0.2) is 0 Å². The summed E-state index contributed by atoms with van der Waals surface area (Å²) in [6.07, 6.45) is 2.23. The maximum absolute atomic E-state index is 10.8. The van der Waals surface area contributed by atoms with Crippen LogP contribution in [0, 0.1) is 10.1 Å². The normalized spacial score (nSPS) is 17.6. The Balaban J connectivity index is 2.00. The predicted molar refractivity (Wildman–Crippen MR) is 75.5 cm³/mol. The lowest BCUT2D eigenvalue weighted by molar-refractivity contribution is -0.384. The number of nitrogens with zero attached hydrogens (tertiary/aromatic N) is 2. The van der Waals surface area contributed by atoms with E-state index in [4.69, 9.17) is 11.6 Å². The van der Waals surface area contributed by atoms with Crippen LogP contribution >= 0.6 is 11.6 Å². The van der Waals surface area contributed by atoms with Crippen molar-refractivity contribution < 1.29 is 4.92 Å². The number of nitro benzene ring substituents is 1. The smallest absolute Gasteiger partial charge is 0.288 e. The summed E-state index contributed by atoms with van der Waals surface area (Å²) >= 11 is 5.81. The van der Waals surface area contributed by atoms with Crippen LogP contribution in [0.2, 0.25) is 5.02 Å². The molecule has 0 aliphatic carbocycles. The van der Waals surface area contributed by atoms with Crippen molar-refractivity contribution in [3.63, 3.8) is 0 Å². The maximum Gasteiger partial charge on any atom is 0.288 e. The first kappa shape index (κ1) is 14.2. The topological polar surface area (TPSA) is 58.4 Å². The van der Waals surface area contributed by atoms with Crippen LogP contribution < -0.4 is 5.32 Å². The molecule has 0 spiro atoms. The molecule has 1 aliphatic heterocycles. The summed E-state index contributed by atoms with van der Waals surface area (Å²) in [5, 5.41) is 14.3. The first-order valence-electron chi connectivity index (χ1n) is 6.42. The molecule has 6 heteroatoms. The van der Waals surface area contributed by atoms with Crippen molar-refractivity contribution in [2.45, 2.75) is 25.4 Å². The molecule has 104 valence electrons. The third kappa shape index (κ3) is 3.65. The number of nitro groups is 1. The van der Waals surface area contributed by atoms with E-state index in [0.717, 1.165) is 38.0 Å². The number of hydrogen-bond acceptors (Lipinski definition) is 4. The number of benzene rings is 1. The molecule has 0 amide bonds. The lowest BCUT2D eigenvalue weighted by atomic mass is 10.0. The van der Waals surface area contributed by atoms with E-state index in [1.165, 1.54) is 0 Å². The zero-order valence-electron chi connectivity index (χ0n) is 10.9. The van der Waals surface area contributed by atoms with E-state index < -0.39 is 4.92 Å². The Morgan fingerprint density at radius 1 is 1.47 bits per heavy atom. The van der Waals surface area contributed by atoms with Crippen molar-refractivity contribution >= 4 is 17.3 Å². The van der Waals surface area contributed by atoms with Crippen molar-refractivity contribution in [3.8, 4) is 0 Å². The molecule has 0 aromatic heterocycles. The van der Waals surface area contributed by atoms with E-state index >= 15 is 0 Å². The van der Waals surface area contributed by atoms with Crippen LogP contribution in [0.15, 0.2) is 18.2 Å². The second kappa shape index (κ2) is 6.32. The van der Waals surface area contributed by atoms with E-state index in [2.05, 4.69) is 10.2 Å². The van der Waals surface area contributed by atoms with Crippen LogP contribution in [0.3, 0.4) is 0 Å². The fourth-order valence-electron chi connectivity index (χ4n) is 2.43. The summed E-state index contributed by atoms with van der Waals surface area (Å²) in [4.78, 5) is 12.7. The van der Waals surface area contributed by atoms with Crippen molar-refractivity contribution in [2.75, 3.05) is 20.1 Å². The molecule has 0 bridgehead atoms. The minimum Gasteiger partial charge on any atom is -0.317 e. The maximum atomic E-state index is 10.8. The molecule has 1 aliphatic rings. The molecular formula is C13H18ClN3O2. The highest BCUT2D eigenvalue weighted by molar-refractivity contribution is 6.32. The molecule has 1 aromatic carbocycles. The average molecular weight is 284 g/mol. The van der Waals surface area contributed by atoms with Gasteiger partial charge in [-0.3, -0.25) is 15.0 Å². The highest BCUT2D eigenvalue weighted by Crippen LogP contribution is 2.26. The molecule has 0 radical (unpaired) electrons. The Hall–Kier alpha value is -1.17. The largest absolute Gasteiger partial charge is 0.317 e. The molecule has 5 nitrogen and oxygen atoms in total. The number of nitrogens with one attached hydrogen (secondary N) is 1. The Bertz CT molecular complexity index is 459.